The molecule has 1 nitrogen and oxygen atoms in total. The summed E-state index contributed by atoms with van der Waals surface area (Å²) >= 11 is 0. The number of hydrogen-bond acceptors (Lipinski definition) is 1. The summed E-state index contributed by atoms with van der Waals surface area (Å²) in [6, 6.07) is 8.72. The molecule has 1 aliphatic rings. The Morgan fingerprint density at radius 2 is 1.94 bits per heavy atom. The van der Waals surface area contributed by atoms with Crippen molar-refractivity contribution >= 4 is 8.32 Å². The van der Waals surface area contributed by atoms with Gasteiger partial charge in [0.15, 0.2) is 8.32 Å². The van der Waals surface area contributed by atoms with Crippen molar-refractivity contribution in [3.63, 3.8) is 0 Å². The third kappa shape index (κ3) is 2.75. The van der Waals surface area contributed by atoms with Crippen LogP contribution in [0.2, 0.25) is 19.6 Å². The van der Waals surface area contributed by atoms with Gasteiger partial charge in [-0.15, -0.1) is 0 Å². The Balaban J connectivity index is 2.49. The molecule has 0 N–H and O–H groups in total. The topological polar surface area (TPSA) is 9.23 Å². The van der Waals surface area contributed by atoms with Gasteiger partial charge < -0.3 is 4.43 Å². The van der Waals surface area contributed by atoms with Crippen LogP contribution in [0, 0.1) is 0 Å². The van der Waals surface area contributed by atoms with Crippen molar-refractivity contribution in [2.24, 2.45) is 0 Å². The van der Waals surface area contributed by atoms with Crippen molar-refractivity contribution in [3.8, 4) is 0 Å². The van der Waals surface area contributed by atoms with E-state index in [9.17, 15) is 0 Å². The van der Waals surface area contributed by atoms with Gasteiger partial charge in [-0.1, -0.05) is 36.9 Å². The van der Waals surface area contributed by atoms with Crippen molar-refractivity contribution in [1.29, 1.82) is 0 Å². The molecule has 0 heterocycles. The van der Waals surface area contributed by atoms with Gasteiger partial charge in [0.2, 0.25) is 0 Å². The maximum atomic E-state index is 6.54. The number of rotatable bonds is 3. The highest BCUT2D eigenvalue weighted by atomic mass is 28.4. The molecule has 0 bridgehead atoms. The first kappa shape index (κ1) is 13.6. The number of fused-ring (bicyclic) bond motifs is 1. The van der Waals surface area contributed by atoms with Crippen molar-refractivity contribution in [2.75, 3.05) is 0 Å². The van der Waals surface area contributed by atoms with E-state index in [1.165, 1.54) is 30.4 Å². The fraction of sp³-hybridized carbons (Fsp3) is 0.500. The van der Waals surface area contributed by atoms with E-state index in [1.807, 2.05) is 6.08 Å². The molecule has 0 aliphatic heterocycles. The smallest absolute Gasteiger partial charge is 0.185 e. The minimum absolute atomic E-state index is 0.252. The molecule has 1 atom stereocenters. The van der Waals surface area contributed by atoms with Gasteiger partial charge >= 0.3 is 0 Å². The Kier molecular flexibility index (Phi) is 3.78. The van der Waals surface area contributed by atoms with Crippen LogP contribution in [0.5, 0.6) is 0 Å². The summed E-state index contributed by atoms with van der Waals surface area (Å²) in [5.41, 5.74) is 2.53. The Morgan fingerprint density at radius 1 is 1.22 bits per heavy atom. The number of aryl methyl sites for hydroxylation is 1. The van der Waals surface area contributed by atoms with Crippen molar-refractivity contribution < 1.29 is 4.43 Å². The Bertz CT molecular complexity index is 433. The van der Waals surface area contributed by atoms with Gasteiger partial charge in [-0.05, 0) is 56.5 Å². The maximum Gasteiger partial charge on any atom is 0.185 e. The largest absolute Gasteiger partial charge is 0.405 e. The van der Waals surface area contributed by atoms with E-state index < -0.39 is 8.32 Å². The van der Waals surface area contributed by atoms with Crippen LogP contribution in [0.3, 0.4) is 0 Å². The molecule has 1 aliphatic carbocycles. The fourth-order valence-electron chi connectivity index (χ4n) is 2.89. The standard InChI is InChI=1S/C16H24OSi/c1-5-16(17-18(2,3)4)13-9-8-11-14-10-6-7-12-15(14)16/h5-7,10,12H,1,8-9,11,13H2,2-4H3. The second-order valence-corrected chi connectivity index (χ2v) is 10.6. The van der Waals surface area contributed by atoms with Crippen LogP contribution < -0.4 is 0 Å². The molecule has 0 spiro atoms. The lowest BCUT2D eigenvalue weighted by Crippen LogP contribution is -2.39. The molecule has 0 aromatic heterocycles. The highest BCUT2D eigenvalue weighted by molar-refractivity contribution is 6.69. The van der Waals surface area contributed by atoms with Gasteiger partial charge in [-0.3, -0.25) is 0 Å². The van der Waals surface area contributed by atoms with Crippen LogP contribution in [-0.4, -0.2) is 8.32 Å². The Morgan fingerprint density at radius 3 is 2.61 bits per heavy atom. The molecular formula is C16H24OSi. The predicted octanol–water partition coefficient (Wildman–Crippen LogP) is 4.65. The molecule has 98 valence electrons. The zero-order chi connectivity index (χ0) is 13.2. The average molecular weight is 260 g/mol. The maximum absolute atomic E-state index is 6.54. The van der Waals surface area contributed by atoms with E-state index in [4.69, 9.17) is 4.43 Å². The SMILES string of the molecule is C=CC1(O[Si](C)(C)C)CCCCc2ccccc21. The van der Waals surface area contributed by atoms with E-state index in [-0.39, 0.29) is 5.60 Å². The van der Waals surface area contributed by atoms with E-state index in [0.29, 0.717) is 0 Å². The van der Waals surface area contributed by atoms with Crippen LogP contribution in [-0.2, 0) is 16.4 Å². The highest BCUT2D eigenvalue weighted by Gasteiger charge is 2.37. The molecule has 0 fully saturated rings. The predicted molar refractivity (Wildman–Crippen MR) is 80.3 cm³/mol. The first-order chi connectivity index (χ1) is 8.47. The number of benzene rings is 1. The lowest BCUT2D eigenvalue weighted by atomic mass is 9.88. The van der Waals surface area contributed by atoms with Gasteiger partial charge in [0, 0.05) is 0 Å². The van der Waals surface area contributed by atoms with Crippen LogP contribution in [0.25, 0.3) is 0 Å². The zero-order valence-electron chi connectivity index (χ0n) is 11.8. The van der Waals surface area contributed by atoms with Gasteiger partial charge in [0.25, 0.3) is 0 Å². The van der Waals surface area contributed by atoms with Crippen LogP contribution in [0.15, 0.2) is 36.9 Å². The highest BCUT2D eigenvalue weighted by Crippen LogP contribution is 2.40. The molecule has 2 heteroatoms. The molecule has 0 radical (unpaired) electrons. The minimum Gasteiger partial charge on any atom is -0.405 e. The Hall–Kier alpha value is -0.863. The molecule has 18 heavy (non-hydrogen) atoms. The monoisotopic (exact) mass is 260 g/mol. The first-order valence-corrected chi connectivity index (χ1v) is 10.3. The second kappa shape index (κ2) is 5.02. The van der Waals surface area contributed by atoms with E-state index in [1.54, 1.807) is 0 Å². The summed E-state index contributed by atoms with van der Waals surface area (Å²) in [4.78, 5) is 0. The number of hydrogen-bond donors (Lipinski definition) is 0. The summed E-state index contributed by atoms with van der Waals surface area (Å²) < 4.78 is 6.54. The molecular weight excluding hydrogens is 236 g/mol. The molecule has 1 aromatic rings. The van der Waals surface area contributed by atoms with Crippen molar-refractivity contribution in [2.45, 2.75) is 50.9 Å². The summed E-state index contributed by atoms with van der Waals surface area (Å²) in [5.74, 6) is 0. The van der Waals surface area contributed by atoms with Crippen LogP contribution >= 0.6 is 0 Å². The zero-order valence-corrected chi connectivity index (χ0v) is 12.8. The lowest BCUT2D eigenvalue weighted by Gasteiger charge is -2.37. The molecule has 1 aromatic carbocycles. The summed E-state index contributed by atoms with van der Waals surface area (Å²) in [6.45, 7) is 10.8. The first-order valence-electron chi connectivity index (χ1n) is 6.89. The van der Waals surface area contributed by atoms with Gasteiger partial charge in [-0.2, -0.15) is 0 Å². The van der Waals surface area contributed by atoms with Crippen LogP contribution in [0.4, 0.5) is 0 Å². The summed E-state index contributed by atoms with van der Waals surface area (Å²) in [5, 5.41) is 0. The minimum atomic E-state index is -1.60. The molecule has 0 amide bonds. The average Bonchev–Trinajstić information content (AvgIpc) is 2.48. The third-order valence-electron chi connectivity index (χ3n) is 3.54. The normalized spacial score (nSPS) is 24.2. The van der Waals surface area contributed by atoms with E-state index in [2.05, 4.69) is 50.5 Å². The van der Waals surface area contributed by atoms with Gasteiger partial charge in [0.1, 0.15) is 5.60 Å². The van der Waals surface area contributed by atoms with E-state index >= 15 is 0 Å². The summed E-state index contributed by atoms with van der Waals surface area (Å²) in [7, 11) is -1.60. The fourth-order valence-corrected chi connectivity index (χ4v) is 4.28. The van der Waals surface area contributed by atoms with Crippen molar-refractivity contribution in [1.82, 2.24) is 0 Å². The second-order valence-electron chi connectivity index (χ2n) is 6.17. The molecule has 0 saturated carbocycles. The summed E-state index contributed by atoms with van der Waals surface area (Å²) in [6.07, 6.45) is 6.74. The molecule has 0 saturated heterocycles. The van der Waals surface area contributed by atoms with Gasteiger partial charge in [0.05, 0.1) is 0 Å². The third-order valence-corrected chi connectivity index (χ3v) is 4.51. The van der Waals surface area contributed by atoms with E-state index in [0.717, 1.165) is 6.42 Å². The van der Waals surface area contributed by atoms with Gasteiger partial charge in [-0.25, -0.2) is 0 Å². The van der Waals surface area contributed by atoms with Crippen molar-refractivity contribution in [3.05, 3.63) is 48.0 Å². The van der Waals surface area contributed by atoms with Crippen LogP contribution in [0.1, 0.15) is 30.4 Å². The Labute approximate surface area is 112 Å². The quantitative estimate of drug-likeness (QED) is 0.437. The lowest BCUT2D eigenvalue weighted by molar-refractivity contribution is 0.100. The molecule has 1 unspecified atom stereocenters. The molecule has 2 rings (SSSR count).